The number of anilines is 1. The summed E-state index contributed by atoms with van der Waals surface area (Å²) in [6, 6.07) is 6.10. The van der Waals surface area contributed by atoms with Crippen LogP contribution in [-0.4, -0.2) is 49.7 Å². The highest BCUT2D eigenvalue weighted by atomic mass is 35.5. The molecule has 5 heteroatoms. The van der Waals surface area contributed by atoms with Crippen LogP contribution in [0.4, 0.5) is 5.69 Å². The molecule has 4 aliphatic rings. The van der Waals surface area contributed by atoms with Gasteiger partial charge in [0.2, 0.25) is 0 Å². The highest BCUT2D eigenvalue weighted by molar-refractivity contribution is 6.30. The standard InChI is InChI=1S/C26H33ClN2O2/c1-17-5-4-8-26(3)15-24-20(14-22(17)26)21(25(30)31-24)16-28-9-11-29(12-10-28)23-13-19(27)7-6-18(23)2/h5-7,13-14,20-21,24H,4,8-12,15-16H2,1-3H3/t20-,21+,24+,26+/m0/s1. The number of allylic oxidation sites excluding steroid dienone is 3. The molecule has 1 aromatic carbocycles. The van der Waals surface area contributed by atoms with Gasteiger partial charge in [-0.2, -0.15) is 0 Å². The maximum Gasteiger partial charge on any atom is 0.311 e. The minimum Gasteiger partial charge on any atom is -0.461 e. The number of carbonyl (C=O) groups is 1. The molecular weight excluding hydrogens is 408 g/mol. The molecule has 5 rings (SSSR count). The highest BCUT2D eigenvalue weighted by Gasteiger charge is 2.51. The van der Waals surface area contributed by atoms with Crippen LogP contribution in [0.1, 0.15) is 38.7 Å². The molecule has 4 atom stereocenters. The molecule has 2 fully saturated rings. The molecule has 2 aliphatic carbocycles. The molecular formula is C26H33ClN2O2. The summed E-state index contributed by atoms with van der Waals surface area (Å²) >= 11 is 6.23. The number of hydrogen-bond acceptors (Lipinski definition) is 4. The Balaban J connectivity index is 1.28. The van der Waals surface area contributed by atoms with E-state index in [1.165, 1.54) is 22.4 Å². The van der Waals surface area contributed by atoms with E-state index in [4.69, 9.17) is 16.3 Å². The molecule has 2 heterocycles. The number of benzene rings is 1. The van der Waals surface area contributed by atoms with Crippen molar-refractivity contribution in [2.75, 3.05) is 37.6 Å². The topological polar surface area (TPSA) is 32.8 Å². The Morgan fingerprint density at radius 2 is 1.97 bits per heavy atom. The van der Waals surface area contributed by atoms with E-state index in [-0.39, 0.29) is 29.3 Å². The summed E-state index contributed by atoms with van der Waals surface area (Å²) in [5, 5.41) is 0.784. The van der Waals surface area contributed by atoms with Crippen molar-refractivity contribution in [3.63, 3.8) is 0 Å². The number of halogens is 1. The lowest BCUT2D eigenvalue weighted by atomic mass is 9.62. The van der Waals surface area contributed by atoms with E-state index >= 15 is 0 Å². The first-order chi connectivity index (χ1) is 14.8. The van der Waals surface area contributed by atoms with E-state index < -0.39 is 0 Å². The Bertz CT molecular complexity index is 947. The molecule has 166 valence electrons. The van der Waals surface area contributed by atoms with Crippen molar-refractivity contribution >= 4 is 23.3 Å². The van der Waals surface area contributed by atoms with Crippen LogP contribution in [0.5, 0.6) is 0 Å². The van der Waals surface area contributed by atoms with Crippen molar-refractivity contribution in [1.29, 1.82) is 0 Å². The second-order valence-corrected chi connectivity index (χ2v) is 10.6. The Morgan fingerprint density at radius 1 is 1.19 bits per heavy atom. The monoisotopic (exact) mass is 440 g/mol. The molecule has 4 nitrogen and oxygen atoms in total. The molecule has 2 aliphatic heterocycles. The van der Waals surface area contributed by atoms with Crippen LogP contribution < -0.4 is 4.90 Å². The summed E-state index contributed by atoms with van der Waals surface area (Å²) in [6.07, 6.45) is 8.07. The van der Waals surface area contributed by atoms with Gasteiger partial charge >= 0.3 is 5.97 Å². The Morgan fingerprint density at radius 3 is 2.74 bits per heavy atom. The van der Waals surface area contributed by atoms with Crippen molar-refractivity contribution in [3.05, 3.63) is 52.1 Å². The Kier molecular flexibility index (Phi) is 5.42. The summed E-state index contributed by atoms with van der Waals surface area (Å²) < 4.78 is 5.93. The average Bonchev–Trinajstić information content (AvgIpc) is 3.02. The summed E-state index contributed by atoms with van der Waals surface area (Å²) in [6.45, 7) is 11.3. The van der Waals surface area contributed by atoms with Crippen LogP contribution in [0.2, 0.25) is 5.02 Å². The van der Waals surface area contributed by atoms with E-state index in [0.29, 0.717) is 0 Å². The first-order valence-electron chi connectivity index (χ1n) is 11.7. The van der Waals surface area contributed by atoms with E-state index in [2.05, 4.69) is 54.9 Å². The van der Waals surface area contributed by atoms with E-state index in [0.717, 1.165) is 57.0 Å². The Labute approximate surface area is 190 Å². The third-order valence-corrected chi connectivity index (χ3v) is 8.27. The zero-order valence-electron chi connectivity index (χ0n) is 18.9. The van der Waals surface area contributed by atoms with Crippen LogP contribution in [0.3, 0.4) is 0 Å². The lowest BCUT2D eigenvalue weighted by Gasteiger charge is -2.43. The fraction of sp³-hybridized carbons (Fsp3) is 0.577. The van der Waals surface area contributed by atoms with Crippen molar-refractivity contribution in [3.8, 4) is 0 Å². The van der Waals surface area contributed by atoms with Crippen LogP contribution in [-0.2, 0) is 9.53 Å². The molecule has 0 unspecified atom stereocenters. The normalized spacial score (nSPS) is 33.4. The number of nitrogens with zero attached hydrogens (tertiary/aromatic N) is 2. The van der Waals surface area contributed by atoms with Gasteiger partial charge in [0.05, 0.1) is 5.92 Å². The minimum absolute atomic E-state index is 0.00356. The van der Waals surface area contributed by atoms with E-state index in [9.17, 15) is 4.79 Å². The quantitative estimate of drug-likeness (QED) is 0.619. The predicted molar refractivity (Wildman–Crippen MR) is 126 cm³/mol. The van der Waals surface area contributed by atoms with Gasteiger partial charge in [0, 0.05) is 49.4 Å². The third kappa shape index (κ3) is 3.82. The predicted octanol–water partition coefficient (Wildman–Crippen LogP) is 5.00. The van der Waals surface area contributed by atoms with Gasteiger partial charge < -0.3 is 9.64 Å². The first kappa shape index (κ1) is 21.1. The smallest absolute Gasteiger partial charge is 0.311 e. The number of piperazine rings is 1. The van der Waals surface area contributed by atoms with Crippen molar-refractivity contribution in [1.82, 2.24) is 4.90 Å². The van der Waals surface area contributed by atoms with Gasteiger partial charge in [-0.05, 0) is 61.8 Å². The number of hydrogen-bond donors (Lipinski definition) is 0. The number of ether oxygens (including phenoxy) is 1. The van der Waals surface area contributed by atoms with Gasteiger partial charge in [-0.1, -0.05) is 42.3 Å². The molecule has 1 aromatic rings. The molecule has 0 aromatic heterocycles. The maximum atomic E-state index is 12.9. The largest absolute Gasteiger partial charge is 0.461 e. The lowest BCUT2D eigenvalue weighted by Crippen LogP contribution is -2.49. The molecule has 31 heavy (non-hydrogen) atoms. The van der Waals surface area contributed by atoms with Gasteiger partial charge in [0.15, 0.2) is 0 Å². The molecule has 0 radical (unpaired) electrons. The minimum atomic E-state index is -0.0452. The zero-order valence-corrected chi connectivity index (χ0v) is 19.6. The van der Waals surface area contributed by atoms with Crippen LogP contribution in [0.25, 0.3) is 0 Å². The van der Waals surface area contributed by atoms with Crippen LogP contribution in [0.15, 0.2) is 41.5 Å². The number of fused-ring (bicyclic) bond motifs is 2. The maximum absolute atomic E-state index is 12.9. The zero-order chi connectivity index (χ0) is 21.8. The summed E-state index contributed by atoms with van der Waals surface area (Å²) in [5.74, 6) is 0.172. The van der Waals surface area contributed by atoms with Crippen molar-refractivity contribution in [2.45, 2.75) is 46.1 Å². The van der Waals surface area contributed by atoms with Gasteiger partial charge in [0.25, 0.3) is 0 Å². The molecule has 0 spiro atoms. The first-order valence-corrected chi connectivity index (χ1v) is 12.1. The van der Waals surface area contributed by atoms with Crippen LogP contribution in [0, 0.1) is 24.2 Å². The fourth-order valence-electron chi connectivity index (χ4n) is 6.21. The summed E-state index contributed by atoms with van der Waals surface area (Å²) in [4.78, 5) is 17.7. The Hall–Kier alpha value is -1.78. The number of esters is 1. The molecule has 0 N–H and O–H groups in total. The highest BCUT2D eigenvalue weighted by Crippen LogP contribution is 2.52. The van der Waals surface area contributed by atoms with E-state index in [1.54, 1.807) is 0 Å². The van der Waals surface area contributed by atoms with Gasteiger partial charge in [-0.3, -0.25) is 9.69 Å². The number of carbonyl (C=O) groups excluding carboxylic acids is 1. The third-order valence-electron chi connectivity index (χ3n) is 8.04. The molecule has 0 saturated carbocycles. The van der Waals surface area contributed by atoms with Crippen molar-refractivity contribution < 1.29 is 9.53 Å². The summed E-state index contributed by atoms with van der Waals surface area (Å²) in [7, 11) is 0. The lowest BCUT2D eigenvalue weighted by molar-refractivity contribution is -0.145. The van der Waals surface area contributed by atoms with Gasteiger partial charge in [0.1, 0.15) is 6.10 Å². The second-order valence-electron chi connectivity index (χ2n) is 10.1. The fourth-order valence-corrected chi connectivity index (χ4v) is 6.38. The van der Waals surface area contributed by atoms with Gasteiger partial charge in [-0.15, -0.1) is 0 Å². The summed E-state index contributed by atoms with van der Waals surface area (Å²) in [5.41, 5.74) is 5.51. The number of rotatable bonds is 3. The second kappa shape index (κ2) is 7.97. The average molecular weight is 441 g/mol. The number of aryl methyl sites for hydroxylation is 1. The van der Waals surface area contributed by atoms with Gasteiger partial charge in [-0.25, -0.2) is 0 Å². The molecule has 0 bridgehead atoms. The molecule has 2 saturated heterocycles. The molecule has 0 amide bonds. The van der Waals surface area contributed by atoms with Crippen molar-refractivity contribution in [2.24, 2.45) is 17.3 Å². The van der Waals surface area contributed by atoms with Crippen LogP contribution >= 0.6 is 11.6 Å². The SMILES string of the molecule is CC1=CCC[C@]2(C)C[C@H]3OC(=O)[C@H](CN4CCN(c5cc(Cl)ccc5C)CC4)[C@@H]3C=C12. The van der Waals surface area contributed by atoms with E-state index in [1.807, 2.05) is 6.07 Å².